The summed E-state index contributed by atoms with van der Waals surface area (Å²) < 4.78 is 5.89. The quantitative estimate of drug-likeness (QED) is 0.798. The van der Waals surface area contributed by atoms with Crippen LogP contribution in [0.4, 0.5) is 0 Å². The third kappa shape index (κ3) is 4.43. The Bertz CT molecular complexity index is 330. The number of hydrogen-bond acceptors (Lipinski definition) is 2. The number of hydrogen-bond donors (Lipinski definition) is 1. The Balaban J connectivity index is 1.54. The molecule has 0 radical (unpaired) electrons. The van der Waals surface area contributed by atoms with Crippen molar-refractivity contribution in [2.75, 3.05) is 13.1 Å². The van der Waals surface area contributed by atoms with Gasteiger partial charge in [-0.3, -0.25) is 0 Å². The summed E-state index contributed by atoms with van der Waals surface area (Å²) in [4.78, 5) is 0. The van der Waals surface area contributed by atoms with E-state index in [-0.39, 0.29) is 0 Å². The second-order valence-electron chi connectivity index (χ2n) is 5.81. The van der Waals surface area contributed by atoms with Gasteiger partial charge in [0.05, 0.1) is 12.7 Å². The molecule has 1 aliphatic rings. The van der Waals surface area contributed by atoms with Crippen LogP contribution in [0.15, 0.2) is 30.3 Å². The van der Waals surface area contributed by atoms with Crippen LogP contribution < -0.4 is 5.32 Å². The Kier molecular flexibility index (Phi) is 5.21. The molecule has 1 N–H and O–H groups in total. The summed E-state index contributed by atoms with van der Waals surface area (Å²) in [6.45, 7) is 7.55. The summed E-state index contributed by atoms with van der Waals surface area (Å²) in [5.74, 6) is 1.57. The molecule has 0 aliphatic heterocycles. The van der Waals surface area contributed by atoms with Crippen LogP contribution in [0.3, 0.4) is 0 Å². The molecule has 2 nitrogen and oxygen atoms in total. The van der Waals surface area contributed by atoms with Crippen molar-refractivity contribution in [1.82, 2.24) is 5.32 Å². The zero-order valence-corrected chi connectivity index (χ0v) is 11.6. The van der Waals surface area contributed by atoms with Crippen LogP contribution in [0.25, 0.3) is 0 Å². The van der Waals surface area contributed by atoms with Gasteiger partial charge in [0.1, 0.15) is 0 Å². The van der Waals surface area contributed by atoms with E-state index >= 15 is 0 Å². The summed E-state index contributed by atoms with van der Waals surface area (Å²) in [6, 6.07) is 10.4. The van der Waals surface area contributed by atoms with Crippen LogP contribution in [0.2, 0.25) is 0 Å². The minimum atomic E-state index is 0.482. The second-order valence-corrected chi connectivity index (χ2v) is 5.81. The van der Waals surface area contributed by atoms with E-state index in [2.05, 4.69) is 43.4 Å². The van der Waals surface area contributed by atoms with Crippen LogP contribution in [0.1, 0.15) is 32.3 Å². The van der Waals surface area contributed by atoms with Crippen LogP contribution in [-0.2, 0) is 11.3 Å². The maximum absolute atomic E-state index is 5.89. The molecule has 1 aliphatic carbocycles. The van der Waals surface area contributed by atoms with Gasteiger partial charge in [-0.1, -0.05) is 44.2 Å². The average Bonchev–Trinajstić information content (AvgIpc) is 2.32. The highest BCUT2D eigenvalue weighted by Gasteiger charge is 2.29. The molecular formula is C16H25NO. The summed E-state index contributed by atoms with van der Waals surface area (Å²) in [7, 11) is 0. The predicted octanol–water partition coefficient (Wildman–Crippen LogP) is 3.23. The molecule has 100 valence electrons. The highest BCUT2D eigenvalue weighted by atomic mass is 16.5. The maximum atomic E-state index is 5.89. The molecule has 0 aromatic heterocycles. The number of rotatable bonds is 7. The number of ether oxygens (including phenoxy) is 1. The molecule has 0 bridgehead atoms. The molecular weight excluding hydrogens is 222 g/mol. The average molecular weight is 247 g/mol. The van der Waals surface area contributed by atoms with E-state index in [4.69, 9.17) is 4.74 Å². The van der Waals surface area contributed by atoms with Crippen molar-refractivity contribution in [3.63, 3.8) is 0 Å². The zero-order chi connectivity index (χ0) is 12.8. The molecule has 0 saturated heterocycles. The van der Waals surface area contributed by atoms with Crippen molar-refractivity contribution in [3.05, 3.63) is 35.9 Å². The van der Waals surface area contributed by atoms with Gasteiger partial charge in [0.15, 0.2) is 0 Å². The molecule has 0 amide bonds. The first-order valence-electron chi connectivity index (χ1n) is 7.10. The van der Waals surface area contributed by atoms with E-state index in [1.54, 1.807) is 0 Å². The highest BCUT2D eigenvalue weighted by Crippen LogP contribution is 2.30. The minimum absolute atomic E-state index is 0.482. The fourth-order valence-corrected chi connectivity index (χ4v) is 2.34. The van der Waals surface area contributed by atoms with Gasteiger partial charge in [0, 0.05) is 0 Å². The van der Waals surface area contributed by atoms with E-state index in [1.807, 2.05) is 6.07 Å². The minimum Gasteiger partial charge on any atom is -0.374 e. The summed E-state index contributed by atoms with van der Waals surface area (Å²) in [5.41, 5.74) is 1.28. The van der Waals surface area contributed by atoms with E-state index in [0.29, 0.717) is 6.10 Å². The lowest BCUT2D eigenvalue weighted by molar-refractivity contribution is -0.0395. The molecule has 0 spiro atoms. The van der Waals surface area contributed by atoms with Crippen LogP contribution in [-0.4, -0.2) is 19.2 Å². The van der Waals surface area contributed by atoms with Crippen molar-refractivity contribution in [3.8, 4) is 0 Å². The maximum Gasteiger partial charge on any atom is 0.0720 e. The Hall–Kier alpha value is -0.860. The first-order chi connectivity index (χ1) is 8.74. The largest absolute Gasteiger partial charge is 0.374 e. The molecule has 1 aromatic rings. The lowest BCUT2D eigenvalue weighted by Crippen LogP contribution is -2.38. The highest BCUT2D eigenvalue weighted by molar-refractivity contribution is 5.13. The predicted molar refractivity (Wildman–Crippen MR) is 75.5 cm³/mol. The monoisotopic (exact) mass is 247 g/mol. The van der Waals surface area contributed by atoms with E-state index in [0.717, 1.165) is 31.5 Å². The van der Waals surface area contributed by atoms with Crippen molar-refractivity contribution in [2.24, 2.45) is 11.8 Å². The normalized spacial score (nSPS) is 23.1. The molecule has 0 atom stereocenters. The van der Waals surface area contributed by atoms with Gasteiger partial charge in [-0.15, -0.1) is 0 Å². The van der Waals surface area contributed by atoms with E-state index < -0.39 is 0 Å². The first-order valence-corrected chi connectivity index (χ1v) is 7.10. The molecule has 0 unspecified atom stereocenters. The zero-order valence-electron chi connectivity index (χ0n) is 11.6. The van der Waals surface area contributed by atoms with Gasteiger partial charge in [-0.2, -0.15) is 0 Å². The van der Waals surface area contributed by atoms with E-state index in [9.17, 15) is 0 Å². The topological polar surface area (TPSA) is 21.3 Å². The smallest absolute Gasteiger partial charge is 0.0720 e. The fourth-order valence-electron chi connectivity index (χ4n) is 2.34. The molecule has 1 saturated carbocycles. The van der Waals surface area contributed by atoms with Crippen LogP contribution >= 0.6 is 0 Å². The Morgan fingerprint density at radius 2 is 1.94 bits per heavy atom. The van der Waals surface area contributed by atoms with Crippen LogP contribution in [0, 0.1) is 11.8 Å². The Morgan fingerprint density at radius 3 is 2.61 bits per heavy atom. The van der Waals surface area contributed by atoms with Gasteiger partial charge in [-0.05, 0) is 43.3 Å². The van der Waals surface area contributed by atoms with Gasteiger partial charge in [0.25, 0.3) is 0 Å². The van der Waals surface area contributed by atoms with E-state index in [1.165, 1.54) is 18.4 Å². The summed E-state index contributed by atoms with van der Waals surface area (Å²) in [5, 5.41) is 3.53. The SMILES string of the molecule is CC(C)CNCC1CC(OCc2ccccc2)C1. The fraction of sp³-hybridized carbons (Fsp3) is 0.625. The standard InChI is InChI=1S/C16H25NO/c1-13(2)10-17-11-15-8-16(9-15)18-12-14-6-4-3-5-7-14/h3-7,13,15-17H,8-12H2,1-2H3. The lowest BCUT2D eigenvalue weighted by atomic mass is 9.82. The number of nitrogens with one attached hydrogen (secondary N) is 1. The molecule has 1 aromatic carbocycles. The van der Waals surface area contributed by atoms with Gasteiger partial charge >= 0.3 is 0 Å². The van der Waals surface area contributed by atoms with Gasteiger partial charge in [0.2, 0.25) is 0 Å². The van der Waals surface area contributed by atoms with Gasteiger partial charge < -0.3 is 10.1 Å². The molecule has 18 heavy (non-hydrogen) atoms. The van der Waals surface area contributed by atoms with Crippen molar-refractivity contribution < 1.29 is 4.74 Å². The number of benzene rings is 1. The Morgan fingerprint density at radius 1 is 1.22 bits per heavy atom. The summed E-state index contributed by atoms with van der Waals surface area (Å²) in [6.07, 6.45) is 2.92. The van der Waals surface area contributed by atoms with Crippen molar-refractivity contribution in [1.29, 1.82) is 0 Å². The lowest BCUT2D eigenvalue weighted by Gasteiger charge is -2.35. The third-order valence-corrected chi connectivity index (χ3v) is 3.51. The van der Waals surface area contributed by atoms with Crippen molar-refractivity contribution >= 4 is 0 Å². The molecule has 1 fully saturated rings. The first kappa shape index (κ1) is 13.6. The molecule has 2 heteroatoms. The van der Waals surface area contributed by atoms with Gasteiger partial charge in [-0.25, -0.2) is 0 Å². The summed E-state index contributed by atoms with van der Waals surface area (Å²) >= 11 is 0. The second kappa shape index (κ2) is 6.91. The van der Waals surface area contributed by atoms with Crippen molar-refractivity contribution in [2.45, 2.75) is 39.4 Å². The third-order valence-electron chi connectivity index (χ3n) is 3.51. The Labute approximate surface area is 111 Å². The molecule has 0 heterocycles. The molecule has 2 rings (SSSR count). The van der Waals surface area contributed by atoms with Crippen LogP contribution in [0.5, 0.6) is 0 Å².